The third-order valence-electron chi connectivity index (χ3n) is 3.39. The van der Waals surface area contributed by atoms with E-state index in [1.54, 1.807) is 24.3 Å². The number of aliphatic hydroxyl groups excluding tert-OH is 1. The number of aliphatic hydroxyl groups is 1. The highest BCUT2D eigenvalue weighted by Gasteiger charge is 2.17. The van der Waals surface area contributed by atoms with Crippen molar-refractivity contribution in [2.24, 2.45) is 0 Å². The molecule has 2 N–H and O–H groups in total. The molecule has 1 atom stereocenters. The van der Waals surface area contributed by atoms with Crippen molar-refractivity contribution < 1.29 is 13.5 Å². The molecule has 0 saturated heterocycles. The minimum absolute atomic E-state index is 0.0135. The van der Waals surface area contributed by atoms with Gasteiger partial charge in [0.15, 0.2) is 0 Å². The number of hydrogen-bond donors (Lipinski definition) is 2. The lowest BCUT2D eigenvalue weighted by Crippen LogP contribution is -2.29. The van der Waals surface area contributed by atoms with Crippen molar-refractivity contribution in [2.45, 2.75) is 17.2 Å². The Bertz CT molecular complexity index is 687. The van der Waals surface area contributed by atoms with Crippen molar-refractivity contribution >= 4 is 26.0 Å². The molecule has 4 nitrogen and oxygen atoms in total. The highest BCUT2D eigenvalue weighted by molar-refractivity contribution is 9.10. The molecule has 2 aromatic rings. The maximum absolute atomic E-state index is 12.3. The summed E-state index contributed by atoms with van der Waals surface area (Å²) >= 11 is 3.28. The van der Waals surface area contributed by atoms with Crippen LogP contribution in [0.3, 0.4) is 0 Å². The number of halogens is 1. The van der Waals surface area contributed by atoms with Crippen LogP contribution in [0.15, 0.2) is 64.0 Å². The first-order valence-corrected chi connectivity index (χ1v) is 9.21. The van der Waals surface area contributed by atoms with E-state index in [2.05, 4.69) is 20.7 Å². The number of benzene rings is 2. The number of nitrogens with one attached hydrogen (secondary N) is 1. The smallest absolute Gasteiger partial charge is 0.240 e. The zero-order valence-electron chi connectivity index (χ0n) is 11.9. The van der Waals surface area contributed by atoms with Gasteiger partial charge in [0.25, 0.3) is 0 Å². The largest absolute Gasteiger partial charge is 0.396 e. The molecule has 1 unspecified atom stereocenters. The first-order valence-electron chi connectivity index (χ1n) is 6.94. The fourth-order valence-electron chi connectivity index (χ4n) is 2.18. The predicted octanol–water partition coefficient (Wildman–Crippen LogP) is 2.89. The summed E-state index contributed by atoms with van der Waals surface area (Å²) in [4.78, 5) is 0.228. The van der Waals surface area contributed by atoms with Crippen LogP contribution < -0.4 is 4.72 Å². The van der Waals surface area contributed by atoms with Gasteiger partial charge in [0.2, 0.25) is 10.0 Å². The minimum atomic E-state index is -3.55. The van der Waals surface area contributed by atoms with Gasteiger partial charge < -0.3 is 5.11 Å². The van der Waals surface area contributed by atoms with Crippen LogP contribution in [-0.2, 0) is 10.0 Å². The average Bonchev–Trinajstić information content (AvgIpc) is 2.53. The van der Waals surface area contributed by atoms with E-state index in [0.29, 0.717) is 6.42 Å². The van der Waals surface area contributed by atoms with Gasteiger partial charge in [0.05, 0.1) is 4.90 Å². The molecule has 22 heavy (non-hydrogen) atoms. The van der Waals surface area contributed by atoms with E-state index in [4.69, 9.17) is 0 Å². The maximum Gasteiger partial charge on any atom is 0.240 e. The molecular weight excluding hydrogens is 366 g/mol. The maximum atomic E-state index is 12.3. The third kappa shape index (κ3) is 4.64. The van der Waals surface area contributed by atoms with E-state index in [9.17, 15) is 13.5 Å². The molecule has 0 radical (unpaired) electrons. The van der Waals surface area contributed by atoms with Crippen molar-refractivity contribution in [1.29, 1.82) is 0 Å². The van der Waals surface area contributed by atoms with Crippen LogP contribution in [-0.4, -0.2) is 26.7 Å². The molecule has 0 aliphatic rings. The van der Waals surface area contributed by atoms with E-state index in [1.807, 2.05) is 30.3 Å². The van der Waals surface area contributed by atoms with E-state index in [1.165, 1.54) is 0 Å². The first-order chi connectivity index (χ1) is 10.5. The molecule has 2 aromatic carbocycles. The van der Waals surface area contributed by atoms with Crippen LogP contribution >= 0.6 is 15.9 Å². The summed E-state index contributed by atoms with van der Waals surface area (Å²) in [5.41, 5.74) is 1.01. The van der Waals surface area contributed by atoms with E-state index in [0.717, 1.165) is 10.0 Å². The summed E-state index contributed by atoms with van der Waals surface area (Å²) in [5.74, 6) is -0.0589. The number of hydrogen-bond acceptors (Lipinski definition) is 3. The van der Waals surface area contributed by atoms with Crippen molar-refractivity contribution in [2.75, 3.05) is 13.2 Å². The Labute approximate surface area is 139 Å². The Morgan fingerprint density at radius 3 is 2.27 bits per heavy atom. The van der Waals surface area contributed by atoms with Crippen LogP contribution in [0.25, 0.3) is 0 Å². The van der Waals surface area contributed by atoms with Crippen molar-refractivity contribution in [1.82, 2.24) is 4.72 Å². The van der Waals surface area contributed by atoms with Crippen LogP contribution in [0.4, 0.5) is 0 Å². The second-order valence-electron chi connectivity index (χ2n) is 4.93. The highest BCUT2D eigenvalue weighted by atomic mass is 79.9. The summed E-state index contributed by atoms with van der Waals surface area (Å²) in [6.45, 7) is 0.266. The number of sulfonamides is 1. The number of rotatable bonds is 7. The van der Waals surface area contributed by atoms with Gasteiger partial charge in [-0.3, -0.25) is 0 Å². The predicted molar refractivity (Wildman–Crippen MR) is 90.2 cm³/mol. The normalized spacial score (nSPS) is 13.0. The molecule has 0 spiro atoms. The Balaban J connectivity index is 2.10. The monoisotopic (exact) mass is 383 g/mol. The molecule has 0 aliphatic heterocycles. The van der Waals surface area contributed by atoms with Gasteiger partial charge >= 0.3 is 0 Å². The standard InChI is InChI=1S/C16H18BrNO3S/c17-15-6-8-16(9-7-15)22(20,21)18-12-14(10-11-19)13-4-2-1-3-5-13/h1-9,14,18-19H,10-12H2. The average molecular weight is 384 g/mol. The van der Waals surface area contributed by atoms with Gasteiger partial charge in [-0.2, -0.15) is 0 Å². The Kier molecular flexibility index (Phi) is 6.14. The molecule has 0 fully saturated rings. The summed E-state index contributed by atoms with van der Waals surface area (Å²) in [7, 11) is -3.55. The van der Waals surface area contributed by atoms with Gasteiger partial charge in [0, 0.05) is 17.6 Å². The van der Waals surface area contributed by atoms with E-state index < -0.39 is 10.0 Å². The van der Waals surface area contributed by atoms with Gasteiger partial charge in [-0.25, -0.2) is 13.1 Å². The van der Waals surface area contributed by atoms with Gasteiger partial charge in [-0.15, -0.1) is 0 Å². The van der Waals surface area contributed by atoms with E-state index >= 15 is 0 Å². The molecular formula is C16H18BrNO3S. The van der Waals surface area contributed by atoms with Crippen molar-refractivity contribution in [3.63, 3.8) is 0 Å². The zero-order chi connectivity index (χ0) is 16.0. The zero-order valence-corrected chi connectivity index (χ0v) is 14.3. The molecule has 0 aromatic heterocycles. The van der Waals surface area contributed by atoms with Gasteiger partial charge in [-0.05, 0) is 42.2 Å². The first kappa shape index (κ1) is 17.1. The van der Waals surface area contributed by atoms with Gasteiger partial charge in [-0.1, -0.05) is 46.3 Å². The summed E-state index contributed by atoms with van der Waals surface area (Å²) in [6, 6.07) is 16.1. The third-order valence-corrected chi connectivity index (χ3v) is 5.36. The Morgan fingerprint density at radius 2 is 1.68 bits per heavy atom. The fourth-order valence-corrected chi connectivity index (χ4v) is 3.52. The summed E-state index contributed by atoms with van der Waals surface area (Å²) in [5, 5.41) is 9.19. The van der Waals surface area contributed by atoms with Crippen LogP contribution in [0, 0.1) is 0 Å². The van der Waals surface area contributed by atoms with Crippen LogP contribution in [0.2, 0.25) is 0 Å². The topological polar surface area (TPSA) is 66.4 Å². The lowest BCUT2D eigenvalue weighted by molar-refractivity contribution is 0.275. The Morgan fingerprint density at radius 1 is 1.05 bits per heavy atom. The molecule has 0 heterocycles. The lowest BCUT2D eigenvalue weighted by Gasteiger charge is -2.17. The fraction of sp³-hybridized carbons (Fsp3) is 0.250. The Hall–Kier alpha value is -1.21. The van der Waals surface area contributed by atoms with E-state index in [-0.39, 0.29) is 24.0 Å². The van der Waals surface area contributed by atoms with Crippen LogP contribution in [0.1, 0.15) is 17.9 Å². The lowest BCUT2D eigenvalue weighted by atomic mass is 9.96. The molecule has 6 heteroatoms. The second kappa shape index (κ2) is 7.87. The summed E-state index contributed by atoms with van der Waals surface area (Å²) in [6.07, 6.45) is 0.507. The van der Waals surface area contributed by atoms with Crippen molar-refractivity contribution in [3.8, 4) is 0 Å². The second-order valence-corrected chi connectivity index (χ2v) is 7.61. The quantitative estimate of drug-likeness (QED) is 0.772. The van der Waals surface area contributed by atoms with Crippen LogP contribution in [0.5, 0.6) is 0 Å². The molecule has 0 amide bonds. The highest BCUT2D eigenvalue weighted by Crippen LogP contribution is 2.20. The van der Waals surface area contributed by atoms with Gasteiger partial charge in [0.1, 0.15) is 0 Å². The van der Waals surface area contributed by atoms with Crippen molar-refractivity contribution in [3.05, 3.63) is 64.6 Å². The molecule has 2 rings (SSSR count). The SMILES string of the molecule is O=S(=O)(NCC(CCO)c1ccccc1)c1ccc(Br)cc1. The summed E-state index contributed by atoms with van der Waals surface area (Å²) < 4.78 is 28.0. The molecule has 0 saturated carbocycles. The molecule has 0 bridgehead atoms. The minimum Gasteiger partial charge on any atom is -0.396 e. The molecule has 0 aliphatic carbocycles. The molecule has 118 valence electrons.